The van der Waals surface area contributed by atoms with Crippen molar-refractivity contribution in [3.63, 3.8) is 0 Å². The number of rotatable bonds is 1. The predicted molar refractivity (Wildman–Crippen MR) is 69.2 cm³/mol. The Kier molecular flexibility index (Phi) is 2.29. The zero-order valence-corrected chi connectivity index (χ0v) is 10.1. The second kappa shape index (κ2) is 3.70. The number of nitrogen functional groups attached to an aromatic ring is 1. The van der Waals surface area contributed by atoms with Crippen molar-refractivity contribution in [3.8, 4) is 0 Å². The molecule has 0 spiro atoms. The quantitative estimate of drug-likeness (QED) is 0.806. The van der Waals surface area contributed by atoms with Crippen molar-refractivity contribution in [2.45, 2.75) is 25.7 Å². The number of hydrogen-bond acceptors (Lipinski definition) is 4. The molecule has 3 rings (SSSR count). The van der Waals surface area contributed by atoms with Gasteiger partial charge in [-0.15, -0.1) is 11.3 Å². The molecule has 0 radical (unpaired) electrons. The average Bonchev–Trinajstić information content (AvgIpc) is 2.64. The smallest absolute Gasteiger partial charge is 0.260 e. The van der Waals surface area contributed by atoms with E-state index >= 15 is 0 Å². The minimum Gasteiger partial charge on any atom is -0.397 e. The van der Waals surface area contributed by atoms with E-state index in [0.717, 1.165) is 28.8 Å². The Hall–Kier alpha value is -1.62. The molecule has 4 N–H and O–H groups in total. The molecule has 0 unspecified atom stereocenters. The molecule has 1 amide bonds. The van der Waals surface area contributed by atoms with E-state index in [1.165, 1.54) is 29.7 Å². The zero-order valence-electron chi connectivity index (χ0n) is 9.32. The number of aryl methyl sites for hydroxylation is 2. The van der Waals surface area contributed by atoms with Gasteiger partial charge in [0.2, 0.25) is 0 Å². The number of hydrogen-bond donors (Lipinski definition) is 2. The third kappa shape index (κ3) is 1.58. The van der Waals surface area contributed by atoms with Gasteiger partial charge in [-0.25, -0.2) is 4.98 Å². The van der Waals surface area contributed by atoms with Gasteiger partial charge in [0.15, 0.2) is 0 Å². The number of anilines is 1. The molecule has 0 saturated carbocycles. The number of carbonyl (C=O) groups is 1. The molecule has 1 aliphatic carbocycles. The van der Waals surface area contributed by atoms with Crippen molar-refractivity contribution in [3.05, 3.63) is 22.2 Å². The minimum atomic E-state index is -0.469. The first-order valence-corrected chi connectivity index (χ1v) is 6.49. The molecule has 2 heterocycles. The third-order valence-corrected chi connectivity index (χ3v) is 4.35. The molecule has 88 valence electrons. The van der Waals surface area contributed by atoms with Gasteiger partial charge < -0.3 is 11.5 Å². The van der Waals surface area contributed by atoms with Crippen LogP contribution in [0, 0.1) is 0 Å². The highest BCUT2D eigenvalue weighted by Crippen LogP contribution is 2.34. The summed E-state index contributed by atoms with van der Waals surface area (Å²) in [5.74, 6) is -0.469. The third-order valence-electron chi connectivity index (χ3n) is 3.22. The van der Waals surface area contributed by atoms with Crippen LogP contribution >= 0.6 is 11.3 Å². The highest BCUT2D eigenvalue weighted by Gasteiger charge is 2.18. The van der Waals surface area contributed by atoms with Gasteiger partial charge in [-0.1, -0.05) is 0 Å². The maximum Gasteiger partial charge on any atom is 0.260 e. The van der Waals surface area contributed by atoms with E-state index in [-0.39, 0.29) is 0 Å². The second-order valence-corrected chi connectivity index (χ2v) is 5.36. The topological polar surface area (TPSA) is 82.0 Å². The Balaban J connectivity index is 2.27. The van der Waals surface area contributed by atoms with Crippen LogP contribution in [-0.4, -0.2) is 10.9 Å². The molecule has 0 saturated heterocycles. The summed E-state index contributed by atoms with van der Waals surface area (Å²) in [4.78, 5) is 17.1. The maximum absolute atomic E-state index is 11.2. The van der Waals surface area contributed by atoms with E-state index in [1.807, 2.05) is 0 Å². The molecule has 0 aromatic carbocycles. The SMILES string of the molecule is NC(=O)c1sc2nc3c(cc2c1N)CCCC3. The standard InChI is InChI=1S/C12H13N3OS/c13-9-7-5-6-3-1-2-4-8(6)15-12(7)17-10(9)11(14)16/h5H,1-4,13H2,(H2,14,16). The van der Waals surface area contributed by atoms with Gasteiger partial charge in [0.05, 0.1) is 5.69 Å². The normalized spacial score (nSPS) is 14.8. The van der Waals surface area contributed by atoms with Crippen LogP contribution in [0.4, 0.5) is 5.69 Å². The number of nitrogens with zero attached hydrogens (tertiary/aromatic N) is 1. The van der Waals surface area contributed by atoms with Gasteiger partial charge in [-0.2, -0.15) is 0 Å². The number of primary amides is 1. The molecule has 1 aliphatic rings. The Bertz CT molecular complexity index is 618. The molecule has 0 bridgehead atoms. The van der Waals surface area contributed by atoms with E-state index in [0.29, 0.717) is 10.6 Å². The Labute approximate surface area is 103 Å². The van der Waals surface area contributed by atoms with Crippen molar-refractivity contribution < 1.29 is 4.79 Å². The summed E-state index contributed by atoms with van der Waals surface area (Å²) in [7, 11) is 0. The molecule has 5 heteroatoms. The molecular weight excluding hydrogens is 234 g/mol. The number of thiophene rings is 1. The van der Waals surface area contributed by atoms with Crippen LogP contribution in [0.15, 0.2) is 6.07 Å². The zero-order chi connectivity index (χ0) is 12.0. The monoisotopic (exact) mass is 247 g/mol. The summed E-state index contributed by atoms with van der Waals surface area (Å²) in [5, 5.41) is 0.879. The van der Waals surface area contributed by atoms with E-state index in [1.54, 1.807) is 0 Å². The molecule has 2 aromatic rings. The van der Waals surface area contributed by atoms with Crippen LogP contribution in [0.5, 0.6) is 0 Å². The van der Waals surface area contributed by atoms with Crippen LogP contribution in [0.3, 0.4) is 0 Å². The number of pyridine rings is 1. The first-order chi connectivity index (χ1) is 8.16. The Morgan fingerprint density at radius 3 is 2.88 bits per heavy atom. The van der Waals surface area contributed by atoms with E-state index in [4.69, 9.17) is 11.5 Å². The van der Waals surface area contributed by atoms with Gasteiger partial charge in [0.1, 0.15) is 9.71 Å². The number of fused-ring (bicyclic) bond motifs is 2. The lowest BCUT2D eigenvalue weighted by Gasteiger charge is -2.14. The molecule has 17 heavy (non-hydrogen) atoms. The van der Waals surface area contributed by atoms with Gasteiger partial charge >= 0.3 is 0 Å². The minimum absolute atomic E-state index is 0.426. The average molecular weight is 247 g/mol. The highest BCUT2D eigenvalue weighted by atomic mass is 32.1. The largest absolute Gasteiger partial charge is 0.397 e. The molecule has 2 aromatic heterocycles. The van der Waals surface area contributed by atoms with E-state index in [9.17, 15) is 4.79 Å². The number of nitrogens with two attached hydrogens (primary N) is 2. The van der Waals surface area contributed by atoms with Crippen LogP contribution < -0.4 is 11.5 Å². The van der Waals surface area contributed by atoms with Crippen molar-refractivity contribution in [2.75, 3.05) is 5.73 Å². The van der Waals surface area contributed by atoms with Crippen molar-refractivity contribution in [1.82, 2.24) is 4.98 Å². The second-order valence-electron chi connectivity index (χ2n) is 4.36. The highest BCUT2D eigenvalue weighted by molar-refractivity contribution is 7.21. The van der Waals surface area contributed by atoms with E-state index in [2.05, 4.69) is 11.1 Å². The van der Waals surface area contributed by atoms with Gasteiger partial charge in [0.25, 0.3) is 5.91 Å². The fourth-order valence-electron chi connectivity index (χ4n) is 2.34. The van der Waals surface area contributed by atoms with Gasteiger partial charge in [0, 0.05) is 11.1 Å². The molecule has 0 fully saturated rings. The maximum atomic E-state index is 11.2. The summed E-state index contributed by atoms with van der Waals surface area (Å²) < 4.78 is 0. The Morgan fingerprint density at radius 2 is 2.12 bits per heavy atom. The summed E-state index contributed by atoms with van der Waals surface area (Å²) in [6.07, 6.45) is 4.47. The summed E-state index contributed by atoms with van der Waals surface area (Å²) >= 11 is 1.29. The molecular formula is C12H13N3OS. The first-order valence-electron chi connectivity index (χ1n) is 5.67. The van der Waals surface area contributed by atoms with Crippen LogP contribution in [0.1, 0.15) is 33.8 Å². The fraction of sp³-hybridized carbons (Fsp3) is 0.333. The lowest BCUT2D eigenvalue weighted by atomic mass is 9.95. The van der Waals surface area contributed by atoms with Crippen molar-refractivity contribution in [1.29, 1.82) is 0 Å². The fourth-order valence-corrected chi connectivity index (χ4v) is 3.29. The van der Waals surface area contributed by atoms with Crippen molar-refractivity contribution in [2.24, 2.45) is 5.73 Å². The first kappa shape index (κ1) is 10.5. The lowest BCUT2D eigenvalue weighted by molar-refractivity contribution is 0.100. The predicted octanol–water partition coefficient (Wildman–Crippen LogP) is 1.86. The van der Waals surface area contributed by atoms with E-state index < -0.39 is 5.91 Å². The molecule has 0 aliphatic heterocycles. The van der Waals surface area contributed by atoms with Gasteiger partial charge in [-0.3, -0.25) is 4.79 Å². The van der Waals surface area contributed by atoms with Crippen LogP contribution in [0.25, 0.3) is 10.2 Å². The van der Waals surface area contributed by atoms with Crippen molar-refractivity contribution >= 4 is 33.1 Å². The Morgan fingerprint density at radius 1 is 1.35 bits per heavy atom. The number of carbonyl (C=O) groups excluding carboxylic acids is 1. The molecule has 4 nitrogen and oxygen atoms in total. The molecule has 0 atom stereocenters. The van der Waals surface area contributed by atoms with Gasteiger partial charge in [-0.05, 0) is 37.3 Å². The van der Waals surface area contributed by atoms with Crippen LogP contribution in [0.2, 0.25) is 0 Å². The lowest BCUT2D eigenvalue weighted by Crippen LogP contribution is -2.10. The summed E-state index contributed by atoms with van der Waals surface area (Å²) in [5.41, 5.74) is 14.1. The number of aromatic nitrogens is 1. The summed E-state index contributed by atoms with van der Waals surface area (Å²) in [6, 6.07) is 2.08. The number of amides is 1. The van der Waals surface area contributed by atoms with Crippen LogP contribution in [-0.2, 0) is 12.8 Å². The summed E-state index contributed by atoms with van der Waals surface area (Å²) in [6.45, 7) is 0.